The van der Waals surface area contributed by atoms with Crippen molar-refractivity contribution in [3.8, 4) is 0 Å². The maximum atomic E-state index is 12.2. The molecule has 1 unspecified atom stereocenters. The molecule has 0 aliphatic heterocycles. The number of pyridine rings is 1. The molecule has 0 radical (unpaired) electrons. The number of aliphatic hydroxyl groups excluding tert-OH is 1. The van der Waals surface area contributed by atoms with Gasteiger partial charge in [-0.3, -0.25) is 9.78 Å². The number of carbonyl (C=O) groups excluding carboxylic acids is 1. The number of rotatable bonds is 8. The van der Waals surface area contributed by atoms with Crippen LogP contribution in [0.3, 0.4) is 0 Å². The van der Waals surface area contributed by atoms with Gasteiger partial charge in [-0.2, -0.15) is 11.8 Å². The first-order chi connectivity index (χ1) is 9.22. The van der Waals surface area contributed by atoms with Gasteiger partial charge in [0.05, 0.1) is 24.9 Å². The maximum absolute atomic E-state index is 12.2. The van der Waals surface area contributed by atoms with Crippen molar-refractivity contribution in [2.75, 3.05) is 18.6 Å². The number of hydrogen-bond acceptors (Lipinski definition) is 4. The van der Waals surface area contributed by atoms with E-state index in [0.29, 0.717) is 13.0 Å². The van der Waals surface area contributed by atoms with E-state index in [2.05, 4.69) is 4.98 Å². The Morgan fingerprint density at radius 1 is 1.53 bits per heavy atom. The molecule has 0 fully saturated rings. The molecule has 1 aromatic heterocycles. The van der Waals surface area contributed by atoms with Crippen molar-refractivity contribution in [2.45, 2.75) is 32.4 Å². The first-order valence-electron chi connectivity index (χ1n) is 6.52. The second-order valence-corrected chi connectivity index (χ2v) is 5.32. The number of nitrogens with zero attached hydrogens (tertiary/aromatic N) is 2. The molecule has 1 N–H and O–H groups in total. The second kappa shape index (κ2) is 8.93. The van der Waals surface area contributed by atoms with E-state index in [4.69, 9.17) is 0 Å². The van der Waals surface area contributed by atoms with Crippen LogP contribution in [0.4, 0.5) is 0 Å². The minimum absolute atomic E-state index is 0.00561. The maximum Gasteiger partial charge on any atom is 0.224 e. The lowest BCUT2D eigenvalue weighted by molar-refractivity contribution is -0.134. The van der Waals surface area contributed by atoms with Gasteiger partial charge in [-0.1, -0.05) is 13.0 Å². The summed E-state index contributed by atoms with van der Waals surface area (Å²) in [7, 11) is 0. The van der Waals surface area contributed by atoms with E-state index in [1.54, 1.807) is 22.9 Å². The summed E-state index contributed by atoms with van der Waals surface area (Å²) >= 11 is 1.65. The van der Waals surface area contributed by atoms with Crippen molar-refractivity contribution in [3.05, 3.63) is 30.1 Å². The van der Waals surface area contributed by atoms with Gasteiger partial charge in [-0.05, 0) is 24.8 Å². The van der Waals surface area contributed by atoms with E-state index in [9.17, 15) is 9.90 Å². The van der Waals surface area contributed by atoms with Crippen molar-refractivity contribution in [3.63, 3.8) is 0 Å². The quantitative estimate of drug-likeness (QED) is 0.791. The summed E-state index contributed by atoms with van der Waals surface area (Å²) in [5.41, 5.74) is 0.854. The molecule has 1 rings (SSSR count). The zero-order valence-corrected chi connectivity index (χ0v) is 12.4. The topological polar surface area (TPSA) is 53.4 Å². The lowest BCUT2D eigenvalue weighted by atomic mass is 10.1. The van der Waals surface area contributed by atoms with Crippen molar-refractivity contribution in [2.24, 2.45) is 0 Å². The summed E-state index contributed by atoms with van der Waals surface area (Å²) < 4.78 is 0. The smallest absolute Gasteiger partial charge is 0.224 e. The van der Waals surface area contributed by atoms with Gasteiger partial charge in [-0.25, -0.2) is 0 Å². The summed E-state index contributed by atoms with van der Waals surface area (Å²) in [5.74, 6) is 0.889. The molecule has 106 valence electrons. The van der Waals surface area contributed by atoms with E-state index >= 15 is 0 Å². The lowest BCUT2D eigenvalue weighted by Gasteiger charge is -2.29. The number of hydrogen-bond donors (Lipinski definition) is 1. The summed E-state index contributed by atoms with van der Waals surface area (Å²) in [6.45, 7) is 2.44. The predicted octanol–water partition coefficient (Wildman–Crippen LogP) is 1.93. The third-order valence-corrected chi connectivity index (χ3v) is 3.63. The van der Waals surface area contributed by atoms with Crippen molar-refractivity contribution < 1.29 is 9.90 Å². The highest BCUT2D eigenvalue weighted by atomic mass is 32.2. The Kier molecular flexibility index (Phi) is 7.52. The summed E-state index contributed by atoms with van der Waals surface area (Å²) in [4.78, 5) is 18.2. The van der Waals surface area contributed by atoms with Crippen LogP contribution in [-0.2, 0) is 11.3 Å². The van der Waals surface area contributed by atoms with Gasteiger partial charge in [0.25, 0.3) is 0 Å². The van der Waals surface area contributed by atoms with Gasteiger partial charge in [-0.15, -0.1) is 0 Å². The summed E-state index contributed by atoms with van der Waals surface area (Å²) in [5, 5.41) is 9.43. The molecule has 1 aromatic rings. The lowest BCUT2D eigenvalue weighted by Crippen LogP contribution is -2.42. The first kappa shape index (κ1) is 16.0. The fourth-order valence-corrected chi connectivity index (χ4v) is 2.25. The fourth-order valence-electron chi connectivity index (χ4n) is 1.87. The van der Waals surface area contributed by atoms with Gasteiger partial charge in [0, 0.05) is 18.4 Å². The minimum atomic E-state index is -0.128. The van der Waals surface area contributed by atoms with Crippen molar-refractivity contribution in [1.29, 1.82) is 0 Å². The van der Waals surface area contributed by atoms with Crippen LogP contribution in [0.2, 0.25) is 0 Å². The highest BCUT2D eigenvalue weighted by Gasteiger charge is 2.21. The standard InChI is InChI=1S/C14H22N2O2S/c1-3-13(11-17)16(14(18)7-9-19-2)10-12-6-4-5-8-15-12/h4-6,8,13,17H,3,7,9-11H2,1-2H3. The van der Waals surface area contributed by atoms with Crippen LogP contribution < -0.4 is 0 Å². The molecule has 0 aliphatic carbocycles. The van der Waals surface area contributed by atoms with Crippen LogP contribution in [-0.4, -0.2) is 45.6 Å². The Morgan fingerprint density at radius 2 is 2.32 bits per heavy atom. The molecule has 0 spiro atoms. The van der Waals surface area contributed by atoms with E-state index in [1.165, 1.54) is 0 Å². The van der Waals surface area contributed by atoms with E-state index in [-0.39, 0.29) is 18.6 Å². The van der Waals surface area contributed by atoms with Crippen molar-refractivity contribution in [1.82, 2.24) is 9.88 Å². The molecular weight excluding hydrogens is 260 g/mol. The Bertz CT molecular complexity index is 369. The van der Waals surface area contributed by atoms with Gasteiger partial charge in [0.1, 0.15) is 0 Å². The van der Waals surface area contributed by atoms with Crippen LogP contribution in [0.1, 0.15) is 25.5 Å². The number of aliphatic hydroxyl groups is 1. The number of amides is 1. The molecule has 1 heterocycles. The van der Waals surface area contributed by atoms with Crippen LogP contribution in [0.5, 0.6) is 0 Å². The van der Waals surface area contributed by atoms with Crippen LogP contribution in [0.25, 0.3) is 0 Å². The normalized spacial score (nSPS) is 12.2. The zero-order chi connectivity index (χ0) is 14.1. The average molecular weight is 282 g/mol. The van der Waals surface area contributed by atoms with E-state index in [0.717, 1.165) is 17.9 Å². The molecule has 1 atom stereocenters. The van der Waals surface area contributed by atoms with Gasteiger partial charge >= 0.3 is 0 Å². The minimum Gasteiger partial charge on any atom is -0.394 e. The Hall–Kier alpha value is -1.07. The van der Waals surface area contributed by atoms with Crippen LogP contribution in [0, 0.1) is 0 Å². The SMILES string of the molecule is CCC(CO)N(Cc1ccccn1)C(=O)CCSC. The predicted molar refractivity (Wildman–Crippen MR) is 79.0 cm³/mol. The number of aromatic nitrogens is 1. The van der Waals surface area contributed by atoms with Gasteiger partial charge in [0.15, 0.2) is 0 Å². The molecule has 4 nitrogen and oxygen atoms in total. The summed E-state index contributed by atoms with van der Waals surface area (Å²) in [6.07, 6.45) is 4.96. The van der Waals surface area contributed by atoms with Crippen molar-refractivity contribution >= 4 is 17.7 Å². The molecule has 0 saturated heterocycles. The molecule has 0 aliphatic rings. The fraction of sp³-hybridized carbons (Fsp3) is 0.571. The molecule has 0 saturated carbocycles. The second-order valence-electron chi connectivity index (χ2n) is 4.33. The highest BCUT2D eigenvalue weighted by Crippen LogP contribution is 2.12. The first-order valence-corrected chi connectivity index (χ1v) is 7.91. The van der Waals surface area contributed by atoms with E-state index in [1.807, 2.05) is 31.4 Å². The molecule has 19 heavy (non-hydrogen) atoms. The Labute approximate surface area is 119 Å². The van der Waals surface area contributed by atoms with Gasteiger partial charge in [0.2, 0.25) is 5.91 Å². The molecular formula is C14H22N2O2S. The molecule has 0 bridgehead atoms. The Balaban J connectivity index is 2.76. The Morgan fingerprint density at radius 3 is 2.84 bits per heavy atom. The summed E-state index contributed by atoms with van der Waals surface area (Å²) in [6, 6.07) is 5.54. The van der Waals surface area contributed by atoms with Crippen LogP contribution >= 0.6 is 11.8 Å². The monoisotopic (exact) mass is 282 g/mol. The zero-order valence-electron chi connectivity index (χ0n) is 11.6. The molecule has 1 amide bonds. The molecule has 5 heteroatoms. The number of carbonyl (C=O) groups is 1. The van der Waals surface area contributed by atoms with E-state index < -0.39 is 0 Å². The third-order valence-electron chi connectivity index (χ3n) is 3.02. The molecule has 0 aromatic carbocycles. The third kappa shape index (κ3) is 5.20. The van der Waals surface area contributed by atoms with Crippen LogP contribution in [0.15, 0.2) is 24.4 Å². The van der Waals surface area contributed by atoms with Gasteiger partial charge < -0.3 is 10.0 Å². The number of thioether (sulfide) groups is 1. The average Bonchev–Trinajstić information content (AvgIpc) is 2.46. The highest BCUT2D eigenvalue weighted by molar-refractivity contribution is 7.98. The largest absolute Gasteiger partial charge is 0.394 e.